The molecular weight excluding hydrogens is 344 g/mol. The lowest BCUT2D eigenvalue weighted by atomic mass is 9.87. The third kappa shape index (κ3) is 5.04. The van der Waals surface area contributed by atoms with Crippen molar-refractivity contribution in [1.82, 2.24) is 15.6 Å². The third-order valence-corrected chi connectivity index (χ3v) is 4.56. The number of carbonyl (C=O) groups is 2. The predicted molar refractivity (Wildman–Crippen MR) is 102 cm³/mol. The highest BCUT2D eigenvalue weighted by Gasteiger charge is 2.20. The molecule has 1 aromatic heterocycles. The van der Waals surface area contributed by atoms with Gasteiger partial charge in [-0.2, -0.15) is 0 Å². The minimum atomic E-state index is -0.514. The van der Waals surface area contributed by atoms with E-state index in [-0.39, 0.29) is 11.9 Å². The second-order valence-electron chi connectivity index (χ2n) is 6.59. The molecule has 1 aromatic carbocycles. The van der Waals surface area contributed by atoms with Gasteiger partial charge in [-0.15, -0.1) is 0 Å². The molecule has 1 aliphatic carbocycles. The van der Waals surface area contributed by atoms with E-state index in [4.69, 9.17) is 10.5 Å². The highest BCUT2D eigenvalue weighted by atomic mass is 16.5. The van der Waals surface area contributed by atoms with Gasteiger partial charge in [0.25, 0.3) is 0 Å². The molecule has 4 N–H and O–H groups in total. The van der Waals surface area contributed by atoms with Crippen LogP contribution in [0.3, 0.4) is 0 Å². The van der Waals surface area contributed by atoms with Crippen LogP contribution >= 0.6 is 0 Å². The van der Waals surface area contributed by atoms with Gasteiger partial charge in [0.2, 0.25) is 17.7 Å². The number of ether oxygens (including phenoxy) is 1. The van der Waals surface area contributed by atoms with Crippen molar-refractivity contribution in [2.75, 3.05) is 13.1 Å². The summed E-state index contributed by atoms with van der Waals surface area (Å²) in [6.07, 6.45) is 4.58. The normalized spacial score (nSPS) is 15.7. The summed E-state index contributed by atoms with van der Waals surface area (Å²) in [7, 11) is 0. The summed E-state index contributed by atoms with van der Waals surface area (Å²) < 4.78 is 5.81. The first-order chi connectivity index (χ1) is 13.0. The van der Waals surface area contributed by atoms with Crippen molar-refractivity contribution >= 4 is 11.8 Å². The van der Waals surface area contributed by atoms with E-state index < -0.39 is 5.91 Å². The summed E-state index contributed by atoms with van der Waals surface area (Å²) in [6, 6.07) is 9.56. The minimum Gasteiger partial charge on any atom is -0.439 e. The van der Waals surface area contributed by atoms with E-state index in [0.717, 1.165) is 25.8 Å². The van der Waals surface area contributed by atoms with Crippen LogP contribution in [0.1, 0.15) is 47.3 Å². The molecule has 1 atom stereocenters. The second kappa shape index (κ2) is 8.64. The van der Waals surface area contributed by atoms with Crippen LogP contribution in [0.4, 0.5) is 0 Å². The molecule has 0 aliphatic heterocycles. The summed E-state index contributed by atoms with van der Waals surface area (Å²) in [6.45, 7) is 2.88. The van der Waals surface area contributed by atoms with Crippen LogP contribution in [0.15, 0.2) is 36.5 Å². The second-order valence-corrected chi connectivity index (χ2v) is 6.59. The first kappa shape index (κ1) is 18.8. The zero-order chi connectivity index (χ0) is 19.2. The molecule has 2 amide bonds. The van der Waals surface area contributed by atoms with Gasteiger partial charge in [0.15, 0.2) is 0 Å². The molecule has 3 rings (SSSR count). The molecule has 1 aliphatic rings. The van der Waals surface area contributed by atoms with Crippen molar-refractivity contribution in [1.29, 1.82) is 0 Å². The minimum absolute atomic E-state index is 0.0138. The number of nitrogens with zero attached hydrogens (tertiary/aromatic N) is 1. The van der Waals surface area contributed by atoms with Crippen LogP contribution in [-0.2, 0) is 11.2 Å². The Labute approximate surface area is 158 Å². The lowest BCUT2D eigenvalue weighted by molar-refractivity contribution is -0.118. The molecule has 0 fully saturated rings. The maximum Gasteiger partial charge on any atom is 0.250 e. The number of benzene rings is 1. The Morgan fingerprint density at radius 1 is 1.26 bits per heavy atom. The van der Waals surface area contributed by atoms with Crippen molar-refractivity contribution in [2.45, 2.75) is 32.2 Å². The van der Waals surface area contributed by atoms with Crippen molar-refractivity contribution in [2.24, 2.45) is 5.73 Å². The van der Waals surface area contributed by atoms with E-state index in [2.05, 4.69) is 21.7 Å². The fourth-order valence-electron chi connectivity index (χ4n) is 3.26. The average molecular weight is 368 g/mol. The molecule has 0 bridgehead atoms. The third-order valence-electron chi connectivity index (χ3n) is 4.56. The molecule has 0 saturated heterocycles. The maximum atomic E-state index is 11.1. The molecule has 0 radical (unpaired) electrons. The maximum absolute atomic E-state index is 11.1. The summed E-state index contributed by atoms with van der Waals surface area (Å²) in [4.78, 5) is 26.2. The van der Waals surface area contributed by atoms with Gasteiger partial charge in [0, 0.05) is 38.3 Å². The molecule has 0 spiro atoms. The number of nitrogens with one attached hydrogen (secondary N) is 2. The predicted octanol–water partition coefficient (Wildman–Crippen LogP) is 2.08. The highest BCUT2D eigenvalue weighted by Crippen LogP contribution is 2.33. The van der Waals surface area contributed by atoms with Crippen molar-refractivity contribution in [3.8, 4) is 11.6 Å². The van der Waals surface area contributed by atoms with Gasteiger partial charge in [-0.05, 0) is 48.6 Å². The van der Waals surface area contributed by atoms with Crippen LogP contribution in [0.2, 0.25) is 0 Å². The Balaban J connectivity index is 1.65. The largest absolute Gasteiger partial charge is 0.439 e. The number of pyridine rings is 1. The monoisotopic (exact) mass is 368 g/mol. The summed E-state index contributed by atoms with van der Waals surface area (Å²) in [5, 5.41) is 6.31. The number of nitrogens with two attached hydrogens (primary N) is 1. The zero-order valence-electron chi connectivity index (χ0n) is 15.3. The highest BCUT2D eigenvalue weighted by molar-refractivity contribution is 5.92. The molecule has 1 heterocycles. The average Bonchev–Trinajstić information content (AvgIpc) is 2.65. The number of hydrogen-bond donors (Lipinski definition) is 3. The van der Waals surface area contributed by atoms with Crippen molar-refractivity contribution in [3.63, 3.8) is 0 Å². The van der Waals surface area contributed by atoms with E-state index in [9.17, 15) is 9.59 Å². The number of fused-ring (bicyclic) bond motifs is 1. The van der Waals surface area contributed by atoms with E-state index in [1.165, 1.54) is 24.2 Å². The number of hydrogen-bond acceptors (Lipinski definition) is 5. The number of carbonyl (C=O) groups excluding carboxylic acids is 2. The Morgan fingerprint density at radius 3 is 2.81 bits per heavy atom. The molecule has 27 heavy (non-hydrogen) atoms. The van der Waals surface area contributed by atoms with Crippen molar-refractivity contribution < 1.29 is 14.3 Å². The Bertz CT molecular complexity index is 820. The van der Waals surface area contributed by atoms with Crippen LogP contribution in [0.5, 0.6) is 11.6 Å². The lowest BCUT2D eigenvalue weighted by Crippen LogP contribution is -2.33. The lowest BCUT2D eigenvalue weighted by Gasteiger charge is -2.27. The van der Waals surface area contributed by atoms with E-state index in [1.807, 2.05) is 12.1 Å². The smallest absolute Gasteiger partial charge is 0.250 e. The van der Waals surface area contributed by atoms with Gasteiger partial charge in [-0.3, -0.25) is 9.59 Å². The molecule has 7 heteroatoms. The fraction of sp³-hybridized carbons (Fsp3) is 0.350. The zero-order valence-corrected chi connectivity index (χ0v) is 15.3. The van der Waals surface area contributed by atoms with Crippen molar-refractivity contribution in [3.05, 3.63) is 53.2 Å². The molecule has 1 unspecified atom stereocenters. The Hall–Kier alpha value is -2.93. The SMILES string of the molecule is CC(=O)NCCNC1CCCc2cc(Oc3ccc(C(N)=O)cn3)ccc21. The van der Waals surface area contributed by atoms with Gasteiger partial charge >= 0.3 is 0 Å². The van der Waals surface area contributed by atoms with Crippen LogP contribution in [-0.4, -0.2) is 29.9 Å². The van der Waals surface area contributed by atoms with Gasteiger partial charge in [-0.1, -0.05) is 6.07 Å². The summed E-state index contributed by atoms with van der Waals surface area (Å²) in [5.41, 5.74) is 8.09. The Kier molecular flexibility index (Phi) is 6.03. The van der Waals surface area contributed by atoms with Gasteiger partial charge in [0.1, 0.15) is 5.75 Å². The Morgan fingerprint density at radius 2 is 2.11 bits per heavy atom. The van der Waals surface area contributed by atoms with Crippen LogP contribution < -0.4 is 21.1 Å². The summed E-state index contributed by atoms with van der Waals surface area (Å²) >= 11 is 0. The van der Waals surface area contributed by atoms with E-state index >= 15 is 0 Å². The van der Waals surface area contributed by atoms with Crippen LogP contribution in [0, 0.1) is 0 Å². The standard InChI is InChI=1S/C20H24N4O3/c1-13(25)22-9-10-23-18-4-2-3-14-11-16(6-7-17(14)18)27-19-8-5-15(12-24-19)20(21)26/h5-8,11-12,18,23H,2-4,9-10H2,1H3,(H2,21,26)(H,22,25). The number of aromatic nitrogens is 1. The van der Waals surface area contributed by atoms with Crippen LogP contribution in [0.25, 0.3) is 0 Å². The number of rotatable bonds is 7. The summed E-state index contributed by atoms with van der Waals surface area (Å²) in [5.74, 6) is 0.604. The van der Waals surface area contributed by atoms with E-state index in [0.29, 0.717) is 23.7 Å². The molecule has 2 aromatic rings. The first-order valence-corrected chi connectivity index (χ1v) is 9.07. The quantitative estimate of drug-likeness (QED) is 0.649. The van der Waals surface area contributed by atoms with E-state index in [1.54, 1.807) is 12.1 Å². The molecule has 7 nitrogen and oxygen atoms in total. The number of amides is 2. The topological polar surface area (TPSA) is 106 Å². The molecular formula is C20H24N4O3. The van der Waals surface area contributed by atoms with Gasteiger partial charge < -0.3 is 21.1 Å². The number of primary amides is 1. The van der Waals surface area contributed by atoms with Gasteiger partial charge in [-0.25, -0.2) is 4.98 Å². The molecule has 142 valence electrons. The fourth-order valence-corrected chi connectivity index (χ4v) is 3.26. The number of aryl methyl sites for hydroxylation is 1. The first-order valence-electron chi connectivity index (χ1n) is 9.07. The van der Waals surface area contributed by atoms with Gasteiger partial charge in [0.05, 0.1) is 5.56 Å². The molecule has 0 saturated carbocycles.